The fourth-order valence-corrected chi connectivity index (χ4v) is 2.07. The second kappa shape index (κ2) is 7.04. The van der Waals surface area contributed by atoms with Crippen LogP contribution in [0.5, 0.6) is 5.75 Å². The van der Waals surface area contributed by atoms with Crippen LogP contribution in [-0.4, -0.2) is 21.5 Å². The number of hydrogen-bond acceptors (Lipinski definition) is 4. The fraction of sp³-hybridized carbons (Fsp3) is 0.375. The summed E-state index contributed by atoms with van der Waals surface area (Å²) in [6.45, 7) is 4.67. The number of aliphatic hydroxyl groups excluding tert-OH is 1. The number of rotatable bonds is 6. The Balaban J connectivity index is 2.54. The topological polar surface area (TPSA) is 64.3 Å². The minimum absolute atomic E-state index is 0.254. The van der Waals surface area contributed by atoms with Crippen LogP contribution in [0, 0.1) is 0 Å². The first-order valence-corrected chi connectivity index (χ1v) is 7.15. The standard InChI is InChI=1S/C16H20N2O3/c1-3-9-21-15-8-6-5-7-13(15)14-10-12(11-19)16(20)18(4-2)17-14/h5-8,10,19H,3-4,9,11H2,1-2H3. The monoisotopic (exact) mass is 288 g/mol. The Morgan fingerprint density at radius 3 is 2.71 bits per heavy atom. The van der Waals surface area contributed by atoms with Crippen LogP contribution in [0.15, 0.2) is 35.1 Å². The van der Waals surface area contributed by atoms with Gasteiger partial charge in [0.25, 0.3) is 5.56 Å². The first kappa shape index (κ1) is 15.3. The molecule has 112 valence electrons. The fourth-order valence-electron chi connectivity index (χ4n) is 2.07. The van der Waals surface area contributed by atoms with E-state index in [0.29, 0.717) is 24.4 Å². The Bertz CT molecular complexity index is 637. The lowest BCUT2D eigenvalue weighted by atomic mass is 10.1. The number of aromatic nitrogens is 2. The van der Waals surface area contributed by atoms with Crippen molar-refractivity contribution >= 4 is 0 Å². The molecular weight excluding hydrogens is 268 g/mol. The molecule has 0 spiro atoms. The van der Waals surface area contributed by atoms with Crippen LogP contribution in [0.2, 0.25) is 0 Å². The van der Waals surface area contributed by atoms with Gasteiger partial charge in [-0.15, -0.1) is 0 Å². The third-order valence-electron chi connectivity index (χ3n) is 3.14. The van der Waals surface area contributed by atoms with Crippen LogP contribution in [0.25, 0.3) is 11.3 Å². The maximum Gasteiger partial charge on any atom is 0.272 e. The summed E-state index contributed by atoms with van der Waals surface area (Å²) < 4.78 is 7.09. The molecule has 0 unspecified atom stereocenters. The molecule has 5 nitrogen and oxygen atoms in total. The first-order chi connectivity index (χ1) is 10.2. The van der Waals surface area contributed by atoms with Crippen LogP contribution >= 0.6 is 0 Å². The lowest BCUT2D eigenvalue weighted by Crippen LogP contribution is -2.26. The molecule has 21 heavy (non-hydrogen) atoms. The zero-order chi connectivity index (χ0) is 15.2. The summed E-state index contributed by atoms with van der Waals surface area (Å²) >= 11 is 0. The van der Waals surface area contributed by atoms with Crippen LogP contribution in [0.4, 0.5) is 0 Å². The zero-order valence-electron chi connectivity index (χ0n) is 12.4. The predicted octanol–water partition coefficient (Wildman–Crippen LogP) is 2.21. The summed E-state index contributed by atoms with van der Waals surface area (Å²) in [6, 6.07) is 9.21. The van der Waals surface area contributed by atoms with Crippen molar-refractivity contribution in [3.05, 3.63) is 46.2 Å². The van der Waals surface area contributed by atoms with E-state index >= 15 is 0 Å². The van der Waals surface area contributed by atoms with Crippen molar-refractivity contribution in [3.63, 3.8) is 0 Å². The lowest BCUT2D eigenvalue weighted by molar-refractivity contribution is 0.278. The summed E-state index contributed by atoms with van der Waals surface area (Å²) in [5.41, 5.74) is 1.54. The van der Waals surface area contributed by atoms with Crippen molar-refractivity contribution in [2.24, 2.45) is 0 Å². The second-order valence-corrected chi connectivity index (χ2v) is 4.68. The Hall–Kier alpha value is -2.14. The molecule has 0 saturated carbocycles. The van der Waals surface area contributed by atoms with Crippen LogP contribution in [-0.2, 0) is 13.2 Å². The first-order valence-electron chi connectivity index (χ1n) is 7.15. The summed E-state index contributed by atoms with van der Waals surface area (Å²) in [5.74, 6) is 0.733. The number of nitrogens with zero attached hydrogens (tertiary/aromatic N) is 2. The van der Waals surface area contributed by atoms with Gasteiger partial charge in [0.2, 0.25) is 0 Å². The van der Waals surface area contributed by atoms with Gasteiger partial charge >= 0.3 is 0 Å². The van der Waals surface area contributed by atoms with Gasteiger partial charge in [-0.3, -0.25) is 4.79 Å². The quantitative estimate of drug-likeness (QED) is 0.885. The molecule has 0 saturated heterocycles. The summed E-state index contributed by atoms with van der Waals surface area (Å²) in [4.78, 5) is 12.0. The third kappa shape index (κ3) is 3.31. The molecule has 0 fully saturated rings. The molecule has 2 rings (SSSR count). The largest absolute Gasteiger partial charge is 0.493 e. The Kier molecular flexibility index (Phi) is 5.11. The maximum atomic E-state index is 12.0. The van der Waals surface area contributed by atoms with E-state index in [1.54, 1.807) is 6.07 Å². The normalized spacial score (nSPS) is 10.6. The highest BCUT2D eigenvalue weighted by atomic mass is 16.5. The average molecular weight is 288 g/mol. The third-order valence-corrected chi connectivity index (χ3v) is 3.14. The number of para-hydroxylation sites is 1. The zero-order valence-corrected chi connectivity index (χ0v) is 12.4. The molecule has 0 aliphatic carbocycles. The highest BCUT2D eigenvalue weighted by Gasteiger charge is 2.12. The Morgan fingerprint density at radius 2 is 2.05 bits per heavy atom. The van der Waals surface area contributed by atoms with E-state index in [4.69, 9.17) is 4.74 Å². The number of ether oxygens (including phenoxy) is 1. The van der Waals surface area contributed by atoms with Gasteiger partial charge in [0.15, 0.2) is 0 Å². The maximum absolute atomic E-state index is 12.0. The summed E-state index contributed by atoms with van der Waals surface area (Å²) in [6.07, 6.45) is 0.915. The van der Waals surface area contributed by atoms with Crippen molar-refractivity contribution in [3.8, 4) is 17.0 Å². The molecule has 0 amide bonds. The van der Waals surface area contributed by atoms with E-state index < -0.39 is 0 Å². The summed E-state index contributed by atoms with van der Waals surface area (Å²) in [7, 11) is 0. The molecule has 1 N–H and O–H groups in total. The molecule has 1 heterocycles. The Morgan fingerprint density at radius 1 is 1.29 bits per heavy atom. The van der Waals surface area contributed by atoms with Gasteiger partial charge < -0.3 is 9.84 Å². The van der Waals surface area contributed by atoms with Crippen LogP contribution in [0.3, 0.4) is 0 Å². The molecule has 1 aromatic heterocycles. The van der Waals surface area contributed by atoms with Gasteiger partial charge in [-0.25, -0.2) is 4.68 Å². The molecular formula is C16H20N2O3. The van der Waals surface area contributed by atoms with Crippen molar-refractivity contribution in [1.82, 2.24) is 9.78 Å². The van der Waals surface area contributed by atoms with Gasteiger partial charge in [-0.2, -0.15) is 5.10 Å². The average Bonchev–Trinajstić information content (AvgIpc) is 2.53. The molecule has 5 heteroatoms. The van der Waals surface area contributed by atoms with Crippen molar-refractivity contribution in [2.75, 3.05) is 6.61 Å². The molecule has 0 aliphatic heterocycles. The van der Waals surface area contributed by atoms with Crippen LogP contribution in [0.1, 0.15) is 25.8 Å². The number of aryl methyl sites for hydroxylation is 1. The van der Waals surface area contributed by atoms with E-state index in [1.807, 2.05) is 38.1 Å². The van der Waals surface area contributed by atoms with E-state index in [2.05, 4.69) is 5.10 Å². The molecule has 0 radical (unpaired) electrons. The molecule has 1 aromatic carbocycles. The van der Waals surface area contributed by atoms with Crippen molar-refractivity contribution in [1.29, 1.82) is 0 Å². The van der Waals surface area contributed by atoms with Gasteiger partial charge in [-0.05, 0) is 31.5 Å². The van der Waals surface area contributed by atoms with E-state index in [9.17, 15) is 9.90 Å². The number of benzene rings is 1. The Labute approximate surface area is 123 Å². The van der Waals surface area contributed by atoms with Crippen molar-refractivity contribution in [2.45, 2.75) is 33.4 Å². The van der Waals surface area contributed by atoms with Gasteiger partial charge in [0.05, 0.1) is 18.9 Å². The smallest absolute Gasteiger partial charge is 0.272 e. The lowest BCUT2D eigenvalue weighted by Gasteiger charge is -2.12. The predicted molar refractivity (Wildman–Crippen MR) is 81.3 cm³/mol. The molecule has 0 bridgehead atoms. The van der Waals surface area contributed by atoms with E-state index in [1.165, 1.54) is 4.68 Å². The second-order valence-electron chi connectivity index (χ2n) is 4.68. The minimum Gasteiger partial charge on any atom is -0.493 e. The van der Waals surface area contributed by atoms with Gasteiger partial charge in [0.1, 0.15) is 5.75 Å². The van der Waals surface area contributed by atoms with Crippen molar-refractivity contribution < 1.29 is 9.84 Å². The highest BCUT2D eigenvalue weighted by molar-refractivity contribution is 5.67. The minimum atomic E-state index is -0.299. The molecule has 0 aliphatic rings. The number of aliphatic hydroxyl groups is 1. The SMILES string of the molecule is CCCOc1ccccc1-c1cc(CO)c(=O)n(CC)n1. The van der Waals surface area contributed by atoms with E-state index in [0.717, 1.165) is 17.7 Å². The van der Waals surface area contributed by atoms with Crippen LogP contribution < -0.4 is 10.3 Å². The van der Waals surface area contributed by atoms with E-state index in [-0.39, 0.29) is 12.2 Å². The number of hydrogen-bond donors (Lipinski definition) is 1. The highest BCUT2D eigenvalue weighted by Crippen LogP contribution is 2.28. The summed E-state index contributed by atoms with van der Waals surface area (Å²) in [5, 5.41) is 13.7. The van der Waals surface area contributed by atoms with Gasteiger partial charge in [-0.1, -0.05) is 19.1 Å². The molecule has 0 atom stereocenters. The molecule has 2 aromatic rings. The van der Waals surface area contributed by atoms with Gasteiger partial charge in [0, 0.05) is 17.7 Å².